The Kier molecular flexibility index (Phi) is 5.61. The number of hydrogen-bond donors (Lipinski definition) is 2. The molecule has 2 aromatic heterocycles. The minimum Gasteiger partial charge on any atom is -0.348 e. The maximum absolute atomic E-state index is 12.8. The summed E-state index contributed by atoms with van der Waals surface area (Å²) in [7, 11) is 0. The summed E-state index contributed by atoms with van der Waals surface area (Å²) >= 11 is 0. The average molecular weight is 390 g/mol. The van der Waals surface area contributed by atoms with Crippen molar-refractivity contribution in [1.29, 1.82) is 0 Å². The lowest BCUT2D eigenvalue weighted by Gasteiger charge is -2.29. The molecule has 0 radical (unpaired) electrons. The van der Waals surface area contributed by atoms with Crippen molar-refractivity contribution < 1.29 is 13.6 Å². The maximum Gasteiger partial charge on any atom is 0.270 e. The lowest BCUT2D eigenvalue weighted by molar-refractivity contribution is 0.0916. The first kappa shape index (κ1) is 18.9. The van der Waals surface area contributed by atoms with Gasteiger partial charge in [-0.2, -0.15) is 0 Å². The highest BCUT2D eigenvalue weighted by Crippen LogP contribution is 2.39. The van der Waals surface area contributed by atoms with Crippen molar-refractivity contribution in [3.8, 4) is 5.95 Å². The summed E-state index contributed by atoms with van der Waals surface area (Å²) < 4.78 is 26.3. The van der Waals surface area contributed by atoms with Gasteiger partial charge in [-0.3, -0.25) is 9.36 Å². The lowest BCUT2D eigenvalue weighted by Crippen LogP contribution is -2.43. The van der Waals surface area contributed by atoms with Crippen molar-refractivity contribution in [3.63, 3.8) is 0 Å². The number of nitrogens with one attached hydrogen (secondary N) is 2. The van der Waals surface area contributed by atoms with E-state index in [1.54, 1.807) is 29.4 Å². The van der Waals surface area contributed by atoms with Gasteiger partial charge in [0.1, 0.15) is 12.0 Å². The van der Waals surface area contributed by atoms with E-state index in [1.165, 1.54) is 0 Å². The second-order valence-corrected chi connectivity index (χ2v) is 7.54. The Bertz CT molecular complexity index is 801. The van der Waals surface area contributed by atoms with Crippen molar-refractivity contribution in [2.24, 2.45) is 0 Å². The van der Waals surface area contributed by atoms with E-state index in [1.807, 2.05) is 0 Å². The fourth-order valence-electron chi connectivity index (χ4n) is 3.61. The van der Waals surface area contributed by atoms with Crippen LogP contribution in [0.25, 0.3) is 5.95 Å². The van der Waals surface area contributed by atoms with Gasteiger partial charge >= 0.3 is 0 Å². The van der Waals surface area contributed by atoms with E-state index in [-0.39, 0.29) is 24.5 Å². The third-order valence-electron chi connectivity index (χ3n) is 5.32. The average Bonchev–Trinajstić information content (AvgIpc) is 3.41. The number of nitrogens with zero attached hydrogens (tertiary/aromatic N) is 4. The van der Waals surface area contributed by atoms with Crippen LogP contribution in [0.5, 0.6) is 0 Å². The number of carbonyl (C=O) groups excluding carboxylic acids is 1. The molecule has 2 heterocycles. The fraction of sp³-hybridized carbons (Fsp3) is 0.579. The summed E-state index contributed by atoms with van der Waals surface area (Å²) in [6.07, 6.45) is 7.91. The van der Waals surface area contributed by atoms with Crippen molar-refractivity contribution in [2.45, 2.75) is 63.0 Å². The van der Waals surface area contributed by atoms with Gasteiger partial charge in [-0.25, -0.2) is 23.7 Å². The molecular weight excluding hydrogens is 366 g/mol. The van der Waals surface area contributed by atoms with E-state index in [2.05, 4.69) is 25.6 Å². The summed E-state index contributed by atoms with van der Waals surface area (Å²) in [5.74, 6) is 0.634. The number of imidazole rings is 1. The zero-order valence-electron chi connectivity index (χ0n) is 15.5. The fourth-order valence-corrected chi connectivity index (χ4v) is 3.61. The maximum atomic E-state index is 12.8. The third kappa shape index (κ3) is 4.70. The summed E-state index contributed by atoms with van der Waals surface area (Å²) in [5.41, 5.74) is 1.25. The van der Waals surface area contributed by atoms with Crippen molar-refractivity contribution in [2.75, 3.05) is 6.54 Å². The highest BCUT2D eigenvalue weighted by atomic mass is 19.3. The molecule has 0 bridgehead atoms. The lowest BCUT2D eigenvalue weighted by atomic mass is 9.91. The molecule has 7 nitrogen and oxygen atoms in total. The molecule has 4 rings (SSSR count). The molecule has 28 heavy (non-hydrogen) atoms. The van der Waals surface area contributed by atoms with Crippen LogP contribution in [0.1, 0.15) is 60.6 Å². The molecule has 2 saturated carbocycles. The van der Waals surface area contributed by atoms with Gasteiger partial charge in [0, 0.05) is 36.1 Å². The van der Waals surface area contributed by atoms with Crippen LogP contribution in [0, 0.1) is 0 Å². The van der Waals surface area contributed by atoms with Crippen LogP contribution in [0.2, 0.25) is 0 Å². The minimum atomic E-state index is -2.33. The van der Waals surface area contributed by atoms with Crippen LogP contribution >= 0.6 is 0 Å². The zero-order chi connectivity index (χ0) is 19.5. The van der Waals surface area contributed by atoms with Crippen LogP contribution in [0.3, 0.4) is 0 Å². The van der Waals surface area contributed by atoms with Crippen molar-refractivity contribution >= 4 is 5.91 Å². The number of amides is 1. The number of aromatic nitrogens is 4. The first-order valence-electron chi connectivity index (χ1n) is 9.78. The molecule has 0 aliphatic heterocycles. The molecule has 2 N–H and O–H groups in total. The van der Waals surface area contributed by atoms with E-state index < -0.39 is 6.43 Å². The van der Waals surface area contributed by atoms with Gasteiger partial charge < -0.3 is 10.6 Å². The summed E-state index contributed by atoms with van der Waals surface area (Å²) in [5, 5.41) is 5.93. The minimum absolute atomic E-state index is 0.0353. The quantitative estimate of drug-likeness (QED) is 0.759. The molecule has 2 fully saturated rings. The monoisotopic (exact) mass is 390 g/mol. The SMILES string of the molecule is O=C(N[C@H]1CC[C@H](NCC(F)F)CC1)c1cc(C2CC2)nc(-n2ccnc2)n1. The van der Waals surface area contributed by atoms with Gasteiger partial charge in [0.25, 0.3) is 12.3 Å². The zero-order valence-corrected chi connectivity index (χ0v) is 15.5. The molecule has 0 atom stereocenters. The highest BCUT2D eigenvalue weighted by molar-refractivity contribution is 5.92. The van der Waals surface area contributed by atoms with Gasteiger partial charge in [-0.15, -0.1) is 0 Å². The number of carbonyl (C=O) groups is 1. The number of halogens is 2. The van der Waals surface area contributed by atoms with Crippen LogP contribution in [0.4, 0.5) is 8.78 Å². The Balaban J connectivity index is 1.40. The molecule has 0 unspecified atom stereocenters. The Hall–Kier alpha value is -2.42. The van der Waals surface area contributed by atoms with Gasteiger partial charge in [-0.05, 0) is 44.6 Å². The van der Waals surface area contributed by atoms with Gasteiger partial charge in [0.2, 0.25) is 5.95 Å². The van der Waals surface area contributed by atoms with E-state index >= 15 is 0 Å². The molecule has 2 aliphatic rings. The highest BCUT2D eigenvalue weighted by Gasteiger charge is 2.28. The van der Waals surface area contributed by atoms with Crippen molar-refractivity contribution in [3.05, 3.63) is 36.2 Å². The predicted octanol–water partition coefficient (Wildman–Crippen LogP) is 2.44. The van der Waals surface area contributed by atoms with Crippen LogP contribution < -0.4 is 10.6 Å². The molecule has 0 spiro atoms. The molecule has 150 valence electrons. The van der Waals surface area contributed by atoms with E-state index in [4.69, 9.17) is 0 Å². The topological polar surface area (TPSA) is 84.7 Å². The van der Waals surface area contributed by atoms with E-state index in [0.29, 0.717) is 17.6 Å². The molecule has 2 aliphatic carbocycles. The molecule has 0 saturated heterocycles. The molecular formula is C19H24F2N6O. The van der Waals surface area contributed by atoms with Crippen LogP contribution in [-0.2, 0) is 0 Å². The molecule has 0 aromatic carbocycles. The largest absolute Gasteiger partial charge is 0.348 e. The first-order chi connectivity index (χ1) is 13.6. The van der Waals surface area contributed by atoms with Crippen LogP contribution in [-0.4, -0.2) is 50.5 Å². The number of hydrogen-bond acceptors (Lipinski definition) is 5. The Morgan fingerprint density at radius 2 is 1.89 bits per heavy atom. The molecule has 1 amide bonds. The molecule has 9 heteroatoms. The number of alkyl halides is 2. The Labute approximate surface area is 162 Å². The standard InChI is InChI=1S/C19H24F2N6O/c20-17(21)10-23-13-3-5-14(6-4-13)24-18(28)16-9-15(12-1-2-12)25-19(26-16)27-8-7-22-11-27/h7-9,11-14,17,23H,1-6,10H2,(H,24,28)/t13-,14-. The molecule has 2 aromatic rings. The second kappa shape index (κ2) is 8.30. The number of rotatable bonds is 7. The first-order valence-corrected chi connectivity index (χ1v) is 9.78. The van der Waals surface area contributed by atoms with E-state index in [0.717, 1.165) is 44.2 Å². The summed E-state index contributed by atoms with van der Waals surface area (Å²) in [6, 6.07) is 1.91. The van der Waals surface area contributed by atoms with E-state index in [9.17, 15) is 13.6 Å². The van der Waals surface area contributed by atoms with Gasteiger partial charge in [0.05, 0.1) is 6.54 Å². The predicted molar refractivity (Wildman–Crippen MR) is 98.6 cm³/mol. The van der Waals surface area contributed by atoms with Crippen LogP contribution in [0.15, 0.2) is 24.8 Å². The van der Waals surface area contributed by atoms with Gasteiger partial charge in [0.15, 0.2) is 0 Å². The smallest absolute Gasteiger partial charge is 0.270 e. The normalized spacial score (nSPS) is 22.4. The second-order valence-electron chi connectivity index (χ2n) is 7.54. The summed E-state index contributed by atoms with van der Waals surface area (Å²) in [4.78, 5) is 25.8. The van der Waals surface area contributed by atoms with Gasteiger partial charge in [-0.1, -0.05) is 0 Å². The Morgan fingerprint density at radius 1 is 1.14 bits per heavy atom. The van der Waals surface area contributed by atoms with Crippen molar-refractivity contribution in [1.82, 2.24) is 30.2 Å². The Morgan fingerprint density at radius 3 is 2.54 bits per heavy atom. The third-order valence-corrected chi connectivity index (χ3v) is 5.32. The summed E-state index contributed by atoms with van der Waals surface area (Å²) in [6.45, 7) is -0.274.